The van der Waals surface area contributed by atoms with Crippen LogP contribution >= 0.6 is 39.1 Å². The van der Waals surface area contributed by atoms with Crippen molar-refractivity contribution in [3.05, 3.63) is 80.0 Å². The SMILES string of the molecule is COc1ncc(CO)c(Oc2cc(Cl)cc(Br)c2)c1N.COc1ncc(CO)c(Oc2cc(Cl)cc(C#N)c2)c1N. The number of methoxy groups -OCH3 is 2. The molecule has 214 valence electrons. The lowest BCUT2D eigenvalue weighted by molar-refractivity contribution is 0.275. The van der Waals surface area contributed by atoms with Crippen molar-refractivity contribution in [2.75, 3.05) is 25.7 Å². The smallest absolute Gasteiger partial charge is 0.240 e. The Kier molecular flexibility index (Phi) is 11.2. The molecule has 0 spiro atoms. The van der Waals surface area contributed by atoms with Gasteiger partial charge in [0.1, 0.15) is 22.9 Å². The van der Waals surface area contributed by atoms with E-state index in [4.69, 9.17) is 58.9 Å². The van der Waals surface area contributed by atoms with Crippen molar-refractivity contribution < 1.29 is 29.2 Å². The molecule has 0 aliphatic rings. The number of aliphatic hydroxyl groups excluding tert-OH is 2. The van der Waals surface area contributed by atoms with Gasteiger partial charge in [-0.15, -0.1) is 0 Å². The number of pyridine rings is 2. The minimum atomic E-state index is -0.303. The fourth-order valence-corrected chi connectivity index (χ4v) is 4.42. The average Bonchev–Trinajstić information content (AvgIpc) is 2.94. The van der Waals surface area contributed by atoms with Gasteiger partial charge in [0.2, 0.25) is 11.8 Å². The maximum atomic E-state index is 9.35. The van der Waals surface area contributed by atoms with E-state index in [9.17, 15) is 10.2 Å². The predicted molar refractivity (Wildman–Crippen MR) is 158 cm³/mol. The van der Waals surface area contributed by atoms with Crippen LogP contribution in [0.15, 0.2) is 53.3 Å². The van der Waals surface area contributed by atoms with E-state index in [1.165, 1.54) is 44.8 Å². The van der Waals surface area contributed by atoms with E-state index in [0.29, 0.717) is 44.0 Å². The zero-order chi connectivity index (χ0) is 30.1. The summed E-state index contributed by atoms with van der Waals surface area (Å²) in [5, 5.41) is 28.5. The zero-order valence-electron chi connectivity index (χ0n) is 21.7. The molecule has 4 rings (SSSR count). The molecule has 0 bridgehead atoms. The number of aliphatic hydroxyl groups is 2. The van der Waals surface area contributed by atoms with Crippen molar-refractivity contribution in [3.8, 4) is 40.8 Å². The van der Waals surface area contributed by atoms with E-state index in [1.54, 1.807) is 18.2 Å². The highest BCUT2D eigenvalue weighted by Gasteiger charge is 2.17. The third-order valence-corrected chi connectivity index (χ3v) is 6.11. The van der Waals surface area contributed by atoms with Crippen LogP contribution in [0.4, 0.5) is 11.4 Å². The van der Waals surface area contributed by atoms with Crippen molar-refractivity contribution in [1.82, 2.24) is 9.97 Å². The lowest BCUT2D eigenvalue weighted by Gasteiger charge is -2.14. The first-order valence-electron chi connectivity index (χ1n) is 11.5. The van der Waals surface area contributed by atoms with Gasteiger partial charge in [-0.2, -0.15) is 5.26 Å². The van der Waals surface area contributed by atoms with Gasteiger partial charge >= 0.3 is 0 Å². The molecule has 0 aliphatic carbocycles. The Morgan fingerprint density at radius 2 is 1.27 bits per heavy atom. The van der Waals surface area contributed by atoms with E-state index >= 15 is 0 Å². The molecule has 0 amide bonds. The number of anilines is 2. The lowest BCUT2D eigenvalue weighted by atomic mass is 10.2. The monoisotopic (exact) mass is 663 g/mol. The van der Waals surface area contributed by atoms with Gasteiger partial charge < -0.3 is 40.6 Å². The number of nitriles is 1. The fourth-order valence-electron chi connectivity index (χ4n) is 3.37. The lowest BCUT2D eigenvalue weighted by Crippen LogP contribution is -2.02. The number of nitrogens with two attached hydrogens (primary N) is 2. The van der Waals surface area contributed by atoms with Crippen LogP contribution in [0, 0.1) is 11.3 Å². The number of nitrogens with zero attached hydrogens (tertiary/aromatic N) is 3. The van der Waals surface area contributed by atoms with Gasteiger partial charge in [-0.1, -0.05) is 39.1 Å². The van der Waals surface area contributed by atoms with Gasteiger partial charge in [-0.3, -0.25) is 0 Å². The summed E-state index contributed by atoms with van der Waals surface area (Å²) in [6.07, 6.45) is 2.85. The van der Waals surface area contributed by atoms with Crippen LogP contribution in [-0.2, 0) is 13.2 Å². The summed E-state index contributed by atoms with van der Waals surface area (Å²) < 4.78 is 22.2. The molecule has 0 unspecified atom stereocenters. The number of hydrogen-bond acceptors (Lipinski definition) is 11. The number of nitrogen functional groups attached to an aromatic ring is 2. The van der Waals surface area contributed by atoms with Crippen LogP contribution in [0.5, 0.6) is 34.8 Å². The highest BCUT2D eigenvalue weighted by Crippen LogP contribution is 2.39. The summed E-state index contributed by atoms with van der Waals surface area (Å²) in [6, 6.07) is 11.6. The second-order valence-corrected chi connectivity index (χ2v) is 9.77. The van der Waals surface area contributed by atoms with Crippen LogP contribution in [0.1, 0.15) is 16.7 Å². The molecular formula is C27H24BrCl2N5O6. The normalized spacial score (nSPS) is 10.2. The number of ether oxygens (including phenoxy) is 4. The molecule has 4 aromatic rings. The van der Waals surface area contributed by atoms with Crippen LogP contribution in [0.25, 0.3) is 0 Å². The van der Waals surface area contributed by atoms with Crippen LogP contribution in [0.2, 0.25) is 10.0 Å². The van der Waals surface area contributed by atoms with Crippen molar-refractivity contribution in [1.29, 1.82) is 5.26 Å². The highest BCUT2D eigenvalue weighted by molar-refractivity contribution is 9.10. The Morgan fingerprint density at radius 3 is 1.68 bits per heavy atom. The second-order valence-electron chi connectivity index (χ2n) is 7.98. The van der Waals surface area contributed by atoms with Crippen LogP contribution in [-0.4, -0.2) is 34.4 Å². The molecule has 0 saturated heterocycles. The van der Waals surface area contributed by atoms with Crippen molar-refractivity contribution in [2.24, 2.45) is 0 Å². The predicted octanol–water partition coefficient (Wildman–Crippen LogP) is 5.85. The molecule has 14 heteroatoms. The van der Waals surface area contributed by atoms with E-state index in [0.717, 1.165) is 4.47 Å². The maximum absolute atomic E-state index is 9.35. The van der Waals surface area contributed by atoms with Gasteiger partial charge in [-0.05, 0) is 36.4 Å². The topological polar surface area (TPSA) is 179 Å². The van der Waals surface area contributed by atoms with Gasteiger partial charge in [-0.25, -0.2) is 9.97 Å². The van der Waals surface area contributed by atoms with Crippen molar-refractivity contribution >= 4 is 50.5 Å². The molecule has 0 aliphatic heterocycles. The number of benzene rings is 2. The third kappa shape index (κ3) is 8.03. The minimum absolute atomic E-state index is 0.155. The first-order valence-corrected chi connectivity index (χ1v) is 13.1. The van der Waals surface area contributed by atoms with Crippen LogP contribution in [0.3, 0.4) is 0 Å². The standard InChI is InChI=1S/C14H12ClN3O3.C13H12BrClN2O3/c1-20-14-12(17)13(9(7-19)6-18-14)21-11-3-8(5-16)2-10(15)4-11;1-19-13-11(16)12(7(6-18)5-17-13)20-10-3-8(14)2-9(15)4-10/h2-4,6,19H,7,17H2,1H3;2-5,18H,6,16H2,1H3. The van der Waals surface area contributed by atoms with E-state index in [2.05, 4.69) is 25.9 Å². The van der Waals surface area contributed by atoms with Gasteiger partial charge in [0.05, 0.1) is 39.1 Å². The van der Waals surface area contributed by atoms with Crippen LogP contribution < -0.4 is 30.4 Å². The summed E-state index contributed by atoms with van der Waals surface area (Å²) in [4.78, 5) is 7.94. The zero-order valence-corrected chi connectivity index (χ0v) is 24.8. The second kappa shape index (κ2) is 14.6. The largest absolute Gasteiger partial charge is 0.479 e. The molecule has 11 nitrogen and oxygen atoms in total. The van der Waals surface area contributed by atoms with Gasteiger partial charge in [0.15, 0.2) is 11.5 Å². The number of hydrogen-bond donors (Lipinski definition) is 4. The summed E-state index contributed by atoms with van der Waals surface area (Å²) in [7, 11) is 2.88. The fraction of sp³-hybridized carbons (Fsp3) is 0.148. The molecule has 0 fully saturated rings. The quantitative estimate of drug-likeness (QED) is 0.177. The third-order valence-electron chi connectivity index (χ3n) is 5.21. The molecule has 0 radical (unpaired) electrons. The summed E-state index contributed by atoms with van der Waals surface area (Å²) in [5.41, 5.74) is 13.4. The minimum Gasteiger partial charge on any atom is -0.479 e. The first kappa shape index (κ1) is 31.5. The molecule has 0 saturated carbocycles. The summed E-state index contributed by atoms with van der Waals surface area (Å²) in [6.45, 7) is -0.555. The molecule has 0 atom stereocenters. The maximum Gasteiger partial charge on any atom is 0.240 e. The van der Waals surface area contributed by atoms with E-state index in [-0.39, 0.29) is 42.1 Å². The Hall–Kier alpha value is -3.99. The molecule has 2 aromatic heterocycles. The molecule has 2 heterocycles. The first-order chi connectivity index (χ1) is 19.6. The highest BCUT2D eigenvalue weighted by atomic mass is 79.9. The van der Waals surface area contributed by atoms with E-state index in [1.807, 2.05) is 6.07 Å². The summed E-state index contributed by atoms with van der Waals surface area (Å²) >= 11 is 15.2. The number of halogens is 3. The summed E-state index contributed by atoms with van der Waals surface area (Å²) in [5.74, 6) is 1.75. The Labute approximate surface area is 253 Å². The number of aromatic nitrogens is 2. The Morgan fingerprint density at radius 1 is 0.805 bits per heavy atom. The van der Waals surface area contributed by atoms with Crippen molar-refractivity contribution in [3.63, 3.8) is 0 Å². The van der Waals surface area contributed by atoms with Gasteiger partial charge in [0.25, 0.3) is 0 Å². The van der Waals surface area contributed by atoms with E-state index < -0.39 is 0 Å². The molecule has 41 heavy (non-hydrogen) atoms. The Balaban J connectivity index is 0.000000226. The number of rotatable bonds is 8. The van der Waals surface area contributed by atoms with Gasteiger partial charge in [0, 0.05) is 38.0 Å². The molecular weight excluding hydrogens is 641 g/mol. The molecule has 2 aromatic carbocycles. The molecule has 6 N–H and O–H groups in total. The average molecular weight is 665 g/mol. The van der Waals surface area contributed by atoms with Crippen molar-refractivity contribution in [2.45, 2.75) is 13.2 Å². The Bertz CT molecular complexity index is 1570.